The van der Waals surface area contributed by atoms with Crippen LogP contribution >= 0.6 is 0 Å². The average Bonchev–Trinajstić information content (AvgIpc) is 3.26. The minimum Gasteiger partial charge on any atom is -0.368 e. The molecule has 7 heteroatoms. The van der Waals surface area contributed by atoms with Crippen LogP contribution in [0.2, 0.25) is 0 Å². The van der Waals surface area contributed by atoms with Gasteiger partial charge in [-0.15, -0.1) is 0 Å². The molecule has 1 aliphatic heterocycles. The van der Waals surface area contributed by atoms with Crippen LogP contribution in [-0.4, -0.2) is 46.3 Å². The van der Waals surface area contributed by atoms with Gasteiger partial charge in [-0.2, -0.15) is 5.10 Å². The number of nitrogens with one attached hydrogen (secondary N) is 1. The second-order valence-electron chi connectivity index (χ2n) is 6.26. The fraction of sp³-hybridized carbons (Fsp3) is 0.389. The molecule has 7 nitrogen and oxygen atoms in total. The predicted molar refractivity (Wildman–Crippen MR) is 93.1 cm³/mol. The molecule has 1 unspecified atom stereocenters. The summed E-state index contributed by atoms with van der Waals surface area (Å²) in [5.41, 5.74) is 2.08. The van der Waals surface area contributed by atoms with E-state index in [1.54, 1.807) is 47.1 Å². The van der Waals surface area contributed by atoms with Gasteiger partial charge >= 0.3 is 0 Å². The fourth-order valence-corrected chi connectivity index (χ4v) is 2.86. The van der Waals surface area contributed by atoms with Gasteiger partial charge in [-0.05, 0) is 31.0 Å². The lowest BCUT2D eigenvalue weighted by molar-refractivity contribution is -0.124. The van der Waals surface area contributed by atoms with Crippen LogP contribution in [0, 0.1) is 0 Å². The van der Waals surface area contributed by atoms with Crippen LogP contribution in [0.3, 0.4) is 0 Å². The van der Waals surface area contributed by atoms with Crippen LogP contribution in [0.5, 0.6) is 0 Å². The molecule has 3 rings (SSSR count). The number of ether oxygens (including phenoxy) is 1. The summed E-state index contributed by atoms with van der Waals surface area (Å²) in [6.07, 6.45) is 4.85. The van der Waals surface area contributed by atoms with Crippen molar-refractivity contribution < 1.29 is 14.3 Å². The maximum atomic E-state index is 12.6. The van der Waals surface area contributed by atoms with E-state index in [1.807, 2.05) is 13.2 Å². The Labute approximate surface area is 146 Å². The molecular formula is C18H22N4O3. The number of anilines is 1. The van der Waals surface area contributed by atoms with Gasteiger partial charge in [0, 0.05) is 50.3 Å². The molecule has 1 fully saturated rings. The third-order valence-electron chi connectivity index (χ3n) is 4.12. The zero-order chi connectivity index (χ0) is 17.8. The third kappa shape index (κ3) is 4.24. The maximum Gasteiger partial charge on any atom is 0.253 e. The zero-order valence-electron chi connectivity index (χ0n) is 14.4. The number of carbonyl (C=O) groups is 2. The van der Waals surface area contributed by atoms with Gasteiger partial charge in [0.15, 0.2) is 0 Å². The van der Waals surface area contributed by atoms with Gasteiger partial charge < -0.3 is 15.0 Å². The molecule has 2 amide bonds. The third-order valence-corrected chi connectivity index (χ3v) is 4.12. The second-order valence-corrected chi connectivity index (χ2v) is 6.26. The first kappa shape index (κ1) is 17.2. The van der Waals surface area contributed by atoms with E-state index in [2.05, 4.69) is 10.4 Å². The first-order chi connectivity index (χ1) is 12.0. The minimum atomic E-state index is -0.396. The quantitative estimate of drug-likeness (QED) is 0.899. The van der Waals surface area contributed by atoms with Crippen LogP contribution in [0.1, 0.15) is 28.8 Å². The number of rotatable bonds is 5. The van der Waals surface area contributed by atoms with Gasteiger partial charge in [0.05, 0.1) is 6.20 Å². The van der Waals surface area contributed by atoms with E-state index in [0.717, 1.165) is 18.4 Å². The first-order valence-electron chi connectivity index (χ1n) is 8.28. The fourth-order valence-electron chi connectivity index (χ4n) is 2.86. The number of carbonyl (C=O) groups excluding carboxylic acids is 2. The van der Waals surface area contributed by atoms with Crippen molar-refractivity contribution in [3.63, 3.8) is 0 Å². The van der Waals surface area contributed by atoms with E-state index in [0.29, 0.717) is 24.4 Å². The number of benzene rings is 1. The Bertz CT molecular complexity index is 765. The van der Waals surface area contributed by atoms with Crippen molar-refractivity contribution in [2.75, 3.05) is 19.0 Å². The summed E-state index contributed by atoms with van der Waals surface area (Å²) in [4.78, 5) is 26.4. The summed E-state index contributed by atoms with van der Waals surface area (Å²) in [6, 6.07) is 6.96. The molecule has 1 N–H and O–H groups in total. The highest BCUT2D eigenvalue weighted by Gasteiger charge is 2.23. The van der Waals surface area contributed by atoms with Crippen molar-refractivity contribution in [2.24, 2.45) is 7.05 Å². The number of hydrogen-bond acceptors (Lipinski definition) is 4. The van der Waals surface area contributed by atoms with E-state index in [1.165, 1.54) is 0 Å². The lowest BCUT2D eigenvalue weighted by atomic mass is 10.1. The Balaban J connectivity index is 1.65. The second kappa shape index (κ2) is 7.48. The van der Waals surface area contributed by atoms with Crippen LogP contribution in [0.25, 0.3) is 0 Å². The predicted octanol–water partition coefficient (Wildman–Crippen LogP) is 1.81. The van der Waals surface area contributed by atoms with Crippen molar-refractivity contribution in [1.29, 1.82) is 0 Å². The Hall–Kier alpha value is -2.67. The van der Waals surface area contributed by atoms with Crippen molar-refractivity contribution in [2.45, 2.75) is 25.5 Å². The molecule has 0 spiro atoms. The number of nitrogens with zero attached hydrogens (tertiary/aromatic N) is 3. The van der Waals surface area contributed by atoms with E-state index in [4.69, 9.17) is 4.74 Å². The Kier molecular flexibility index (Phi) is 5.14. The number of aromatic nitrogens is 2. The van der Waals surface area contributed by atoms with Gasteiger partial charge in [-0.1, -0.05) is 6.07 Å². The molecule has 0 aliphatic carbocycles. The molecular weight excluding hydrogens is 320 g/mol. The van der Waals surface area contributed by atoms with Crippen LogP contribution in [-0.2, 0) is 23.1 Å². The molecule has 1 atom stereocenters. The standard InChI is InChI=1S/C18H22N4O3/c1-21(11-13-10-19-22(2)12-13)18(24)14-5-3-6-15(9-14)20-17(23)16-7-4-8-25-16/h3,5-6,9-10,12,16H,4,7-8,11H2,1-2H3,(H,20,23). The van der Waals surface area contributed by atoms with Crippen molar-refractivity contribution >= 4 is 17.5 Å². The van der Waals surface area contributed by atoms with Crippen molar-refractivity contribution in [3.8, 4) is 0 Å². The topological polar surface area (TPSA) is 76.5 Å². The lowest BCUT2D eigenvalue weighted by Crippen LogP contribution is -2.28. The molecule has 1 aromatic carbocycles. The first-order valence-corrected chi connectivity index (χ1v) is 8.28. The monoisotopic (exact) mass is 342 g/mol. The van der Waals surface area contributed by atoms with E-state index < -0.39 is 6.10 Å². The molecule has 0 bridgehead atoms. The molecule has 1 aliphatic rings. The SMILES string of the molecule is CN(Cc1cnn(C)c1)C(=O)c1cccc(NC(=O)C2CCCO2)c1. The van der Waals surface area contributed by atoms with E-state index >= 15 is 0 Å². The van der Waals surface area contributed by atoms with E-state index in [-0.39, 0.29) is 11.8 Å². The summed E-state index contributed by atoms with van der Waals surface area (Å²) in [6.45, 7) is 1.09. The molecule has 1 saturated heterocycles. The molecule has 132 valence electrons. The Morgan fingerprint density at radius 1 is 1.44 bits per heavy atom. The smallest absolute Gasteiger partial charge is 0.253 e. The van der Waals surface area contributed by atoms with Gasteiger partial charge in [0.1, 0.15) is 6.10 Å². The largest absolute Gasteiger partial charge is 0.368 e. The highest BCUT2D eigenvalue weighted by molar-refractivity contribution is 5.98. The van der Waals surface area contributed by atoms with Gasteiger partial charge in [-0.25, -0.2) is 0 Å². The summed E-state index contributed by atoms with van der Waals surface area (Å²) < 4.78 is 7.08. The Morgan fingerprint density at radius 3 is 2.96 bits per heavy atom. The number of hydrogen-bond donors (Lipinski definition) is 1. The molecule has 0 saturated carbocycles. The maximum absolute atomic E-state index is 12.6. The molecule has 0 radical (unpaired) electrons. The van der Waals surface area contributed by atoms with Gasteiger partial charge in [0.2, 0.25) is 0 Å². The molecule has 25 heavy (non-hydrogen) atoms. The van der Waals surface area contributed by atoms with Crippen LogP contribution < -0.4 is 5.32 Å². The highest BCUT2D eigenvalue weighted by atomic mass is 16.5. The molecule has 2 aromatic rings. The van der Waals surface area contributed by atoms with Crippen molar-refractivity contribution in [1.82, 2.24) is 14.7 Å². The van der Waals surface area contributed by atoms with Gasteiger partial charge in [-0.3, -0.25) is 14.3 Å². The van der Waals surface area contributed by atoms with E-state index in [9.17, 15) is 9.59 Å². The average molecular weight is 342 g/mol. The highest BCUT2D eigenvalue weighted by Crippen LogP contribution is 2.17. The lowest BCUT2D eigenvalue weighted by Gasteiger charge is -2.17. The summed E-state index contributed by atoms with van der Waals surface area (Å²) >= 11 is 0. The number of amides is 2. The molecule has 1 aromatic heterocycles. The molecule has 2 heterocycles. The normalized spacial score (nSPS) is 16.6. The summed E-state index contributed by atoms with van der Waals surface area (Å²) in [5.74, 6) is -0.275. The van der Waals surface area contributed by atoms with Crippen LogP contribution in [0.15, 0.2) is 36.7 Å². The minimum absolute atomic E-state index is 0.114. The van der Waals surface area contributed by atoms with Crippen LogP contribution in [0.4, 0.5) is 5.69 Å². The number of aryl methyl sites for hydroxylation is 1. The van der Waals surface area contributed by atoms with Crippen molar-refractivity contribution in [3.05, 3.63) is 47.8 Å². The van der Waals surface area contributed by atoms with Gasteiger partial charge in [0.25, 0.3) is 11.8 Å². The Morgan fingerprint density at radius 2 is 2.28 bits per heavy atom. The zero-order valence-corrected chi connectivity index (χ0v) is 14.4. The summed E-state index contributed by atoms with van der Waals surface area (Å²) in [7, 11) is 3.58. The summed E-state index contributed by atoms with van der Waals surface area (Å²) in [5, 5.41) is 6.93.